The van der Waals surface area contributed by atoms with Gasteiger partial charge in [0.1, 0.15) is 0 Å². The van der Waals surface area contributed by atoms with E-state index in [9.17, 15) is 14.4 Å². The number of aliphatic carboxylic acids is 2. The molecule has 2 aromatic rings. The number of primary amides is 1. The van der Waals surface area contributed by atoms with Gasteiger partial charge in [-0.3, -0.25) is 4.79 Å². The van der Waals surface area contributed by atoms with E-state index in [1.165, 1.54) is 0 Å². The van der Waals surface area contributed by atoms with E-state index >= 15 is 0 Å². The second kappa shape index (κ2) is 7.20. The molecule has 9 nitrogen and oxygen atoms in total. The third kappa shape index (κ3) is 4.30. The third-order valence-electron chi connectivity index (χ3n) is 2.64. The SMILES string of the molecule is NC(=O)c1ccc2cc[nH]c2c1.O=C(O)C(O)C(O)C(=O)O. The summed E-state index contributed by atoms with van der Waals surface area (Å²) < 4.78 is 0. The van der Waals surface area contributed by atoms with Gasteiger partial charge in [0.15, 0.2) is 12.2 Å². The number of benzene rings is 1. The Hall–Kier alpha value is -2.91. The molecular weight excluding hydrogens is 296 g/mol. The minimum absolute atomic E-state index is 0.397. The molecule has 0 aliphatic carbocycles. The van der Waals surface area contributed by atoms with Gasteiger partial charge in [-0.25, -0.2) is 9.59 Å². The summed E-state index contributed by atoms with van der Waals surface area (Å²) in [5.41, 5.74) is 6.59. The molecule has 22 heavy (non-hydrogen) atoms. The van der Waals surface area contributed by atoms with Gasteiger partial charge in [-0.05, 0) is 23.6 Å². The maximum absolute atomic E-state index is 10.8. The van der Waals surface area contributed by atoms with Gasteiger partial charge in [0.2, 0.25) is 5.91 Å². The van der Waals surface area contributed by atoms with Gasteiger partial charge in [0, 0.05) is 17.3 Å². The van der Waals surface area contributed by atoms with Gasteiger partial charge in [0.25, 0.3) is 0 Å². The van der Waals surface area contributed by atoms with Gasteiger partial charge in [-0.2, -0.15) is 0 Å². The van der Waals surface area contributed by atoms with Gasteiger partial charge in [0.05, 0.1) is 0 Å². The molecule has 0 aliphatic rings. The number of carbonyl (C=O) groups is 3. The molecule has 118 valence electrons. The Balaban J connectivity index is 0.000000225. The Labute approximate surface area is 123 Å². The Morgan fingerprint density at radius 3 is 2.00 bits per heavy atom. The monoisotopic (exact) mass is 310 g/mol. The zero-order valence-electron chi connectivity index (χ0n) is 11.1. The summed E-state index contributed by atoms with van der Waals surface area (Å²) in [6.07, 6.45) is -2.70. The first-order chi connectivity index (χ1) is 10.2. The summed E-state index contributed by atoms with van der Waals surface area (Å²) in [5, 5.41) is 33.6. The van der Waals surface area contributed by atoms with Crippen LogP contribution in [0.2, 0.25) is 0 Å². The van der Waals surface area contributed by atoms with E-state index in [-0.39, 0.29) is 0 Å². The Morgan fingerprint density at radius 1 is 1.00 bits per heavy atom. The standard InChI is InChI=1S/C9H8N2O.C4H6O6/c10-9(12)7-2-1-6-3-4-11-8(6)5-7;5-1(3(7)8)2(6)4(9)10/h1-5,11H,(H2,10,12);1-2,5-6H,(H,7,8)(H,9,10). The molecule has 2 atom stereocenters. The molecule has 1 aromatic carbocycles. The van der Waals surface area contributed by atoms with Crippen LogP contribution in [-0.4, -0.2) is 55.5 Å². The first-order valence-corrected chi connectivity index (χ1v) is 5.92. The van der Waals surface area contributed by atoms with Crippen molar-refractivity contribution in [3.63, 3.8) is 0 Å². The summed E-state index contributed by atoms with van der Waals surface area (Å²) in [6, 6.07) is 7.28. The molecule has 0 saturated carbocycles. The van der Waals surface area contributed by atoms with Crippen molar-refractivity contribution >= 4 is 28.7 Å². The molecule has 2 unspecified atom stereocenters. The van der Waals surface area contributed by atoms with Crippen LogP contribution in [-0.2, 0) is 9.59 Å². The van der Waals surface area contributed by atoms with Gasteiger partial charge in [-0.15, -0.1) is 0 Å². The van der Waals surface area contributed by atoms with Crippen molar-refractivity contribution in [2.45, 2.75) is 12.2 Å². The number of hydrogen-bond donors (Lipinski definition) is 6. The number of aromatic amines is 1. The fourth-order valence-corrected chi connectivity index (χ4v) is 1.47. The van der Waals surface area contributed by atoms with E-state index in [0.717, 1.165) is 10.9 Å². The number of fused-ring (bicyclic) bond motifs is 1. The van der Waals surface area contributed by atoms with Crippen LogP contribution >= 0.6 is 0 Å². The fraction of sp³-hybridized carbons (Fsp3) is 0.154. The number of amides is 1. The Bertz CT molecular complexity index is 677. The lowest BCUT2D eigenvalue weighted by Gasteiger charge is -2.07. The lowest BCUT2D eigenvalue weighted by Crippen LogP contribution is -2.39. The highest BCUT2D eigenvalue weighted by atomic mass is 16.4. The average molecular weight is 310 g/mol. The predicted molar refractivity (Wildman–Crippen MR) is 74.1 cm³/mol. The number of hydrogen-bond acceptors (Lipinski definition) is 5. The van der Waals surface area contributed by atoms with Crippen LogP contribution in [0.4, 0.5) is 0 Å². The minimum Gasteiger partial charge on any atom is -0.479 e. The van der Waals surface area contributed by atoms with E-state index in [1.807, 2.05) is 18.3 Å². The van der Waals surface area contributed by atoms with Crippen LogP contribution in [0.15, 0.2) is 30.5 Å². The van der Waals surface area contributed by atoms with Crippen molar-refractivity contribution in [2.75, 3.05) is 0 Å². The molecule has 9 heteroatoms. The van der Waals surface area contributed by atoms with E-state index in [1.54, 1.807) is 12.1 Å². The van der Waals surface area contributed by atoms with Gasteiger partial charge < -0.3 is 31.1 Å². The third-order valence-corrected chi connectivity index (χ3v) is 2.64. The molecule has 0 aliphatic heterocycles. The first-order valence-electron chi connectivity index (χ1n) is 5.92. The molecule has 0 radical (unpaired) electrons. The van der Waals surface area contributed by atoms with Crippen LogP contribution in [0.25, 0.3) is 10.9 Å². The minimum atomic E-state index is -2.27. The zero-order valence-corrected chi connectivity index (χ0v) is 11.1. The summed E-state index contributed by atoms with van der Waals surface area (Å²) >= 11 is 0. The molecule has 7 N–H and O–H groups in total. The molecule has 1 aromatic heterocycles. The zero-order chi connectivity index (χ0) is 16.9. The Morgan fingerprint density at radius 2 is 1.55 bits per heavy atom. The number of nitrogens with two attached hydrogens (primary N) is 1. The van der Waals surface area contributed by atoms with Gasteiger partial charge in [-0.1, -0.05) is 6.07 Å². The molecule has 1 heterocycles. The number of carboxylic acid groups (broad SMARTS) is 2. The molecule has 0 fully saturated rings. The normalized spacial score (nSPS) is 12.8. The summed E-state index contributed by atoms with van der Waals surface area (Å²) in [7, 11) is 0. The lowest BCUT2D eigenvalue weighted by molar-refractivity contribution is -0.165. The van der Waals surface area contributed by atoms with E-state index < -0.39 is 30.1 Å². The maximum atomic E-state index is 10.8. The Kier molecular flexibility index (Phi) is 5.61. The fourth-order valence-electron chi connectivity index (χ4n) is 1.47. The number of rotatable bonds is 4. The first kappa shape index (κ1) is 17.1. The van der Waals surface area contributed by atoms with Crippen molar-refractivity contribution in [1.29, 1.82) is 0 Å². The highest BCUT2D eigenvalue weighted by molar-refractivity contribution is 5.96. The highest BCUT2D eigenvalue weighted by Crippen LogP contribution is 2.13. The van der Waals surface area contributed by atoms with E-state index in [0.29, 0.717) is 5.56 Å². The number of carboxylic acids is 2. The van der Waals surface area contributed by atoms with Crippen molar-refractivity contribution in [2.24, 2.45) is 5.73 Å². The summed E-state index contributed by atoms with van der Waals surface area (Å²) in [6.45, 7) is 0. The summed E-state index contributed by atoms with van der Waals surface area (Å²) in [4.78, 5) is 33.3. The number of nitrogens with one attached hydrogen (secondary N) is 1. The quantitative estimate of drug-likeness (QED) is 0.426. The van der Waals surface area contributed by atoms with Crippen LogP contribution < -0.4 is 5.73 Å². The summed E-state index contributed by atoms with van der Waals surface area (Å²) in [5.74, 6) is -3.93. The van der Waals surface area contributed by atoms with Crippen LogP contribution in [0.3, 0.4) is 0 Å². The van der Waals surface area contributed by atoms with E-state index in [4.69, 9.17) is 26.2 Å². The number of aromatic nitrogens is 1. The molecule has 1 amide bonds. The van der Waals surface area contributed by atoms with Crippen LogP contribution in [0.1, 0.15) is 10.4 Å². The number of aliphatic hydroxyl groups excluding tert-OH is 2. The molecule has 2 rings (SSSR count). The van der Waals surface area contributed by atoms with E-state index in [2.05, 4.69) is 4.98 Å². The number of H-pyrrole nitrogens is 1. The average Bonchev–Trinajstić information content (AvgIpc) is 2.93. The molecule has 0 saturated heterocycles. The van der Waals surface area contributed by atoms with Gasteiger partial charge >= 0.3 is 11.9 Å². The molecular formula is C13H14N2O7. The predicted octanol–water partition coefficient (Wildman–Crippen LogP) is -0.856. The van der Waals surface area contributed by atoms with Crippen molar-refractivity contribution in [1.82, 2.24) is 4.98 Å². The molecule has 0 spiro atoms. The maximum Gasteiger partial charge on any atom is 0.335 e. The topological polar surface area (TPSA) is 174 Å². The second-order valence-corrected chi connectivity index (χ2v) is 4.21. The number of aliphatic hydroxyl groups is 2. The van der Waals surface area contributed by atoms with Crippen molar-refractivity contribution in [3.8, 4) is 0 Å². The number of carbonyl (C=O) groups excluding carboxylic acids is 1. The molecule has 0 bridgehead atoms. The van der Waals surface area contributed by atoms with Crippen LogP contribution in [0.5, 0.6) is 0 Å². The van der Waals surface area contributed by atoms with Crippen molar-refractivity contribution < 1.29 is 34.8 Å². The lowest BCUT2D eigenvalue weighted by atomic mass is 10.1. The largest absolute Gasteiger partial charge is 0.479 e. The second-order valence-electron chi connectivity index (χ2n) is 4.21. The smallest absolute Gasteiger partial charge is 0.335 e. The van der Waals surface area contributed by atoms with Crippen molar-refractivity contribution in [3.05, 3.63) is 36.0 Å². The highest BCUT2D eigenvalue weighted by Gasteiger charge is 2.29. The van der Waals surface area contributed by atoms with Crippen LogP contribution in [0, 0.1) is 0 Å².